The molecule has 0 spiro atoms. The van der Waals surface area contributed by atoms with E-state index in [1.54, 1.807) is 0 Å². The zero-order valence-corrected chi connectivity index (χ0v) is 7.77. The van der Waals surface area contributed by atoms with Gasteiger partial charge in [0, 0.05) is 0 Å². The van der Waals surface area contributed by atoms with Gasteiger partial charge in [-0.1, -0.05) is 6.07 Å². The van der Waals surface area contributed by atoms with E-state index >= 15 is 0 Å². The molecule has 4 nitrogen and oxygen atoms in total. The number of hydrogen-bond donors (Lipinski definition) is 0. The van der Waals surface area contributed by atoms with E-state index in [-0.39, 0.29) is 17.5 Å². The molecule has 1 heterocycles. The number of para-hydroxylation sites is 1. The second-order valence-corrected chi connectivity index (χ2v) is 3.07. The number of hydrogen-bond acceptors (Lipinski definition) is 4. The summed E-state index contributed by atoms with van der Waals surface area (Å²) in [5.74, 6) is -0.562. The van der Waals surface area contributed by atoms with Crippen molar-refractivity contribution in [3.63, 3.8) is 0 Å². The van der Waals surface area contributed by atoms with Gasteiger partial charge in [-0.05, 0) is 12.1 Å². The van der Waals surface area contributed by atoms with Gasteiger partial charge in [0.25, 0.3) is 0 Å². The summed E-state index contributed by atoms with van der Waals surface area (Å²) in [7, 11) is 0. The average Bonchev–Trinajstić information content (AvgIpc) is 2.15. The van der Waals surface area contributed by atoms with Crippen molar-refractivity contribution in [2.75, 3.05) is 13.2 Å². The van der Waals surface area contributed by atoms with Gasteiger partial charge in [-0.3, -0.25) is 0 Å². The van der Waals surface area contributed by atoms with Crippen molar-refractivity contribution in [3.8, 4) is 5.75 Å². The fraction of sp³-hybridized carbons (Fsp3) is 0.300. The highest BCUT2D eigenvalue weighted by molar-refractivity contribution is 5.58. The van der Waals surface area contributed by atoms with Crippen LogP contribution < -0.4 is 4.74 Å². The lowest BCUT2D eigenvalue weighted by atomic mass is 10.2. The Bertz CT molecular complexity index is 411. The van der Waals surface area contributed by atoms with Crippen LogP contribution in [0, 0.1) is 5.82 Å². The highest BCUT2D eigenvalue weighted by atomic mass is 19.1. The van der Waals surface area contributed by atoms with E-state index < -0.39 is 5.82 Å². The summed E-state index contributed by atoms with van der Waals surface area (Å²) < 4.78 is 23.5. The van der Waals surface area contributed by atoms with Gasteiger partial charge in [0.15, 0.2) is 11.6 Å². The monoisotopic (exact) mass is 209 g/mol. The first kappa shape index (κ1) is 9.83. The molecule has 1 aliphatic rings. The van der Waals surface area contributed by atoms with Crippen LogP contribution >= 0.6 is 0 Å². The van der Waals surface area contributed by atoms with Crippen molar-refractivity contribution >= 4 is 11.8 Å². The lowest BCUT2D eigenvalue weighted by molar-refractivity contribution is -0.0806. The van der Waals surface area contributed by atoms with E-state index in [2.05, 4.69) is 4.99 Å². The Balaban J connectivity index is 2.28. The largest absolute Gasteiger partial charge is 0.480 e. The molecule has 1 saturated heterocycles. The van der Waals surface area contributed by atoms with Gasteiger partial charge in [-0.25, -0.2) is 9.18 Å². The van der Waals surface area contributed by atoms with Gasteiger partial charge < -0.3 is 9.47 Å². The number of aliphatic imine (C=N–C) groups is 1. The summed E-state index contributed by atoms with van der Waals surface area (Å²) in [6, 6.07) is 4.19. The number of halogens is 1. The summed E-state index contributed by atoms with van der Waals surface area (Å²) in [6.45, 7) is 0.858. The van der Waals surface area contributed by atoms with Crippen molar-refractivity contribution < 1.29 is 18.7 Å². The van der Waals surface area contributed by atoms with Crippen molar-refractivity contribution in [2.24, 2.45) is 4.99 Å². The minimum absolute atomic E-state index is 0.0193. The number of carbonyl (C=O) groups excluding carboxylic acids is 1. The minimum Gasteiger partial charge on any atom is -0.480 e. The molecular formula is C10H8FNO3. The van der Waals surface area contributed by atoms with E-state index in [0.717, 1.165) is 0 Å². The molecule has 0 bridgehead atoms. The van der Waals surface area contributed by atoms with Crippen LogP contribution in [-0.4, -0.2) is 25.4 Å². The number of nitrogens with zero attached hydrogens (tertiary/aromatic N) is 1. The molecule has 0 aromatic heterocycles. The van der Waals surface area contributed by atoms with Crippen LogP contribution in [0.4, 0.5) is 10.1 Å². The number of ether oxygens (including phenoxy) is 2. The van der Waals surface area contributed by atoms with Gasteiger partial charge >= 0.3 is 0 Å². The molecule has 0 atom stereocenters. The Morgan fingerprint density at radius 2 is 2.33 bits per heavy atom. The lowest BCUT2D eigenvalue weighted by Crippen LogP contribution is -2.38. The molecule has 2 rings (SSSR count). The predicted octanol–water partition coefficient (Wildman–Crippen LogP) is 1.57. The first-order valence-corrected chi connectivity index (χ1v) is 4.42. The normalized spacial score (nSPS) is 15.3. The van der Waals surface area contributed by atoms with Gasteiger partial charge in [0.1, 0.15) is 11.8 Å². The molecular weight excluding hydrogens is 201 g/mol. The van der Waals surface area contributed by atoms with Crippen LogP contribution in [0.1, 0.15) is 0 Å². The second-order valence-electron chi connectivity index (χ2n) is 3.07. The van der Waals surface area contributed by atoms with Crippen molar-refractivity contribution in [1.29, 1.82) is 0 Å². The molecule has 15 heavy (non-hydrogen) atoms. The topological polar surface area (TPSA) is 47.9 Å². The summed E-state index contributed by atoms with van der Waals surface area (Å²) >= 11 is 0. The first-order chi connectivity index (χ1) is 7.31. The molecule has 0 unspecified atom stereocenters. The fourth-order valence-electron chi connectivity index (χ4n) is 1.20. The average molecular weight is 209 g/mol. The van der Waals surface area contributed by atoms with E-state index in [9.17, 15) is 9.18 Å². The van der Waals surface area contributed by atoms with Crippen LogP contribution in [0.25, 0.3) is 0 Å². The van der Waals surface area contributed by atoms with E-state index in [4.69, 9.17) is 9.47 Å². The third-order valence-electron chi connectivity index (χ3n) is 2.00. The standard InChI is InChI=1S/C10H8FNO3/c11-8-2-1-3-9(12-6-13)10(8)15-7-4-14-5-7/h1-3,7H,4-5H2. The van der Waals surface area contributed by atoms with Gasteiger partial charge in [0.2, 0.25) is 6.08 Å². The van der Waals surface area contributed by atoms with Crippen LogP contribution in [0.5, 0.6) is 5.75 Å². The third kappa shape index (κ3) is 2.03. The van der Waals surface area contributed by atoms with Crippen molar-refractivity contribution in [3.05, 3.63) is 24.0 Å². The molecule has 0 saturated carbocycles. The Morgan fingerprint density at radius 1 is 1.53 bits per heavy atom. The summed E-state index contributed by atoms with van der Waals surface area (Å²) in [5, 5.41) is 0. The molecule has 78 valence electrons. The second kappa shape index (κ2) is 4.21. The molecule has 1 aromatic rings. The fourth-order valence-corrected chi connectivity index (χ4v) is 1.20. The SMILES string of the molecule is O=C=Nc1cccc(F)c1OC1COC1. The minimum atomic E-state index is -0.543. The van der Waals surface area contributed by atoms with Gasteiger partial charge in [-0.2, -0.15) is 4.99 Å². The highest BCUT2D eigenvalue weighted by Gasteiger charge is 2.23. The molecule has 0 radical (unpaired) electrons. The quantitative estimate of drug-likeness (QED) is 0.560. The van der Waals surface area contributed by atoms with E-state index in [1.807, 2.05) is 0 Å². The number of isocyanates is 1. The molecule has 1 aromatic carbocycles. The molecule has 0 N–H and O–H groups in total. The van der Waals surface area contributed by atoms with Crippen molar-refractivity contribution in [1.82, 2.24) is 0 Å². The van der Waals surface area contributed by atoms with E-state index in [1.165, 1.54) is 24.3 Å². The Kier molecular flexibility index (Phi) is 2.76. The maximum atomic E-state index is 13.3. The van der Waals surface area contributed by atoms with Crippen LogP contribution in [0.2, 0.25) is 0 Å². The number of rotatable bonds is 3. The van der Waals surface area contributed by atoms with Crippen molar-refractivity contribution in [2.45, 2.75) is 6.10 Å². The van der Waals surface area contributed by atoms with Gasteiger partial charge in [0.05, 0.1) is 13.2 Å². The molecule has 5 heteroatoms. The smallest absolute Gasteiger partial charge is 0.240 e. The van der Waals surface area contributed by atoms with Crippen LogP contribution in [0.15, 0.2) is 23.2 Å². The van der Waals surface area contributed by atoms with Crippen LogP contribution in [0.3, 0.4) is 0 Å². The summed E-state index contributed by atoms with van der Waals surface area (Å²) in [5.41, 5.74) is 0.150. The predicted molar refractivity (Wildman–Crippen MR) is 49.4 cm³/mol. The molecule has 1 fully saturated rings. The zero-order valence-electron chi connectivity index (χ0n) is 7.77. The lowest BCUT2D eigenvalue weighted by Gasteiger charge is -2.27. The Hall–Kier alpha value is -1.71. The first-order valence-electron chi connectivity index (χ1n) is 4.42. The molecule has 0 amide bonds. The number of benzene rings is 1. The third-order valence-corrected chi connectivity index (χ3v) is 2.00. The Labute approximate surface area is 85.3 Å². The zero-order chi connectivity index (χ0) is 10.7. The molecule has 0 aliphatic carbocycles. The van der Waals surface area contributed by atoms with E-state index in [0.29, 0.717) is 13.2 Å². The maximum absolute atomic E-state index is 13.3. The molecule has 1 aliphatic heterocycles. The highest BCUT2D eigenvalue weighted by Crippen LogP contribution is 2.31. The van der Waals surface area contributed by atoms with Crippen LogP contribution in [-0.2, 0) is 9.53 Å². The summed E-state index contributed by atoms with van der Waals surface area (Å²) in [4.78, 5) is 13.5. The summed E-state index contributed by atoms with van der Waals surface area (Å²) in [6.07, 6.45) is 1.19. The Morgan fingerprint density at radius 3 is 2.93 bits per heavy atom. The van der Waals surface area contributed by atoms with Gasteiger partial charge in [-0.15, -0.1) is 0 Å². The maximum Gasteiger partial charge on any atom is 0.240 e.